The Bertz CT molecular complexity index is 521. The van der Waals surface area contributed by atoms with E-state index in [4.69, 9.17) is 0 Å². The number of allylic oxidation sites excluding steroid dienone is 1. The van der Waals surface area contributed by atoms with Gasteiger partial charge in [0.1, 0.15) is 0 Å². The molecule has 0 radical (unpaired) electrons. The van der Waals surface area contributed by atoms with Crippen LogP contribution in [0.4, 0.5) is 8.78 Å². The van der Waals surface area contributed by atoms with Crippen LogP contribution in [0.2, 0.25) is 0 Å². The van der Waals surface area contributed by atoms with Crippen molar-refractivity contribution in [3.05, 3.63) is 48.1 Å². The van der Waals surface area contributed by atoms with E-state index < -0.39 is 11.6 Å². The average molecular weight is 318 g/mol. The van der Waals surface area contributed by atoms with Crippen LogP contribution in [0.1, 0.15) is 69.3 Å². The van der Waals surface area contributed by atoms with Crippen LogP contribution in [0.3, 0.4) is 0 Å². The van der Waals surface area contributed by atoms with Gasteiger partial charge < -0.3 is 0 Å². The van der Waals surface area contributed by atoms with Gasteiger partial charge >= 0.3 is 0 Å². The van der Waals surface area contributed by atoms with Gasteiger partial charge in [-0.15, -0.1) is 6.58 Å². The van der Waals surface area contributed by atoms with Gasteiger partial charge in [0.05, 0.1) is 0 Å². The van der Waals surface area contributed by atoms with Gasteiger partial charge in [0.15, 0.2) is 11.6 Å². The summed E-state index contributed by atoms with van der Waals surface area (Å²) in [5.74, 6) is 1.58. The molecule has 0 unspecified atom stereocenters. The zero-order valence-corrected chi connectivity index (χ0v) is 13.9. The molecule has 2 fully saturated rings. The number of halogens is 2. The molecule has 1 aromatic carbocycles. The molecule has 0 heterocycles. The lowest BCUT2D eigenvalue weighted by Crippen LogP contribution is -2.25. The summed E-state index contributed by atoms with van der Waals surface area (Å²) in [6, 6.07) is 4.45. The van der Waals surface area contributed by atoms with Crippen molar-refractivity contribution >= 4 is 0 Å². The topological polar surface area (TPSA) is 0 Å². The van der Waals surface area contributed by atoms with E-state index in [1.807, 2.05) is 0 Å². The largest absolute Gasteiger partial charge is 0.204 e. The first-order valence-electron chi connectivity index (χ1n) is 9.23. The van der Waals surface area contributed by atoms with E-state index in [0.29, 0.717) is 5.92 Å². The first-order valence-corrected chi connectivity index (χ1v) is 9.23. The van der Waals surface area contributed by atoms with Crippen LogP contribution in [0.5, 0.6) is 0 Å². The second-order valence-electron chi connectivity index (χ2n) is 7.59. The van der Waals surface area contributed by atoms with E-state index in [1.54, 1.807) is 6.07 Å². The van der Waals surface area contributed by atoms with Crippen molar-refractivity contribution in [2.24, 2.45) is 17.8 Å². The van der Waals surface area contributed by atoms with Crippen molar-refractivity contribution in [1.82, 2.24) is 0 Å². The SMILES string of the molecule is C=CCC1CCC(C2CCC(c3ccc(F)c(F)c3)CC2)CC1. The number of hydrogen-bond acceptors (Lipinski definition) is 0. The highest BCUT2D eigenvalue weighted by Gasteiger charge is 2.31. The second kappa shape index (κ2) is 7.59. The minimum atomic E-state index is -0.737. The van der Waals surface area contributed by atoms with Crippen molar-refractivity contribution in [1.29, 1.82) is 0 Å². The van der Waals surface area contributed by atoms with E-state index in [0.717, 1.165) is 36.2 Å². The molecule has 0 aromatic heterocycles. The lowest BCUT2D eigenvalue weighted by molar-refractivity contribution is 0.160. The third-order valence-corrected chi connectivity index (χ3v) is 6.24. The van der Waals surface area contributed by atoms with E-state index in [-0.39, 0.29) is 0 Å². The second-order valence-corrected chi connectivity index (χ2v) is 7.59. The first-order chi connectivity index (χ1) is 11.2. The lowest BCUT2D eigenvalue weighted by atomic mass is 9.68. The number of hydrogen-bond donors (Lipinski definition) is 0. The predicted octanol–water partition coefficient (Wildman–Crippen LogP) is 6.62. The molecule has 0 nitrogen and oxygen atoms in total. The van der Waals surface area contributed by atoms with Crippen LogP contribution in [-0.2, 0) is 0 Å². The van der Waals surface area contributed by atoms with Crippen LogP contribution in [-0.4, -0.2) is 0 Å². The molecule has 2 aliphatic rings. The summed E-state index contributed by atoms with van der Waals surface area (Å²) >= 11 is 0. The van der Waals surface area contributed by atoms with Gasteiger partial charge in [0, 0.05) is 0 Å². The van der Waals surface area contributed by atoms with Crippen LogP contribution < -0.4 is 0 Å². The summed E-state index contributed by atoms with van der Waals surface area (Å²) in [7, 11) is 0. The maximum atomic E-state index is 13.4. The summed E-state index contributed by atoms with van der Waals surface area (Å²) in [5, 5.41) is 0. The fourth-order valence-corrected chi connectivity index (χ4v) is 4.82. The molecule has 2 heteroatoms. The van der Waals surface area contributed by atoms with Gasteiger partial charge in [-0.2, -0.15) is 0 Å². The maximum Gasteiger partial charge on any atom is 0.159 e. The smallest absolute Gasteiger partial charge is 0.159 e. The Kier molecular flexibility index (Phi) is 5.50. The van der Waals surface area contributed by atoms with Gasteiger partial charge in [-0.05, 0) is 99.2 Å². The molecule has 0 saturated heterocycles. The standard InChI is InChI=1S/C21H28F2/c1-2-3-15-4-6-16(7-5-15)17-8-10-18(11-9-17)19-12-13-20(22)21(23)14-19/h2,12-18H,1,3-11H2. The Balaban J connectivity index is 1.50. The number of benzene rings is 1. The Hall–Kier alpha value is -1.18. The fourth-order valence-electron chi connectivity index (χ4n) is 4.82. The molecule has 2 aliphatic carbocycles. The Morgan fingerprint density at radius 1 is 0.870 bits per heavy atom. The van der Waals surface area contributed by atoms with Crippen molar-refractivity contribution in [2.75, 3.05) is 0 Å². The van der Waals surface area contributed by atoms with Crippen molar-refractivity contribution < 1.29 is 8.78 Å². The van der Waals surface area contributed by atoms with Crippen LogP contribution in [0, 0.1) is 29.4 Å². The molecule has 23 heavy (non-hydrogen) atoms. The highest BCUT2D eigenvalue weighted by Crippen LogP contribution is 2.44. The van der Waals surface area contributed by atoms with Gasteiger partial charge in [0.2, 0.25) is 0 Å². The maximum absolute atomic E-state index is 13.4. The van der Waals surface area contributed by atoms with Gasteiger partial charge in [-0.1, -0.05) is 12.1 Å². The molecule has 0 amide bonds. The summed E-state index contributed by atoms with van der Waals surface area (Å²) in [5.41, 5.74) is 0.983. The van der Waals surface area contributed by atoms with Crippen molar-refractivity contribution in [3.8, 4) is 0 Å². The zero-order valence-electron chi connectivity index (χ0n) is 13.9. The van der Waals surface area contributed by atoms with Crippen LogP contribution in [0.15, 0.2) is 30.9 Å². The van der Waals surface area contributed by atoms with Crippen LogP contribution in [0.25, 0.3) is 0 Å². The third kappa shape index (κ3) is 4.02. The van der Waals surface area contributed by atoms with E-state index >= 15 is 0 Å². The molecule has 0 atom stereocenters. The lowest BCUT2D eigenvalue weighted by Gasteiger charge is -2.38. The summed E-state index contributed by atoms with van der Waals surface area (Å²) < 4.78 is 26.5. The molecule has 0 bridgehead atoms. The zero-order chi connectivity index (χ0) is 16.2. The van der Waals surface area contributed by atoms with Gasteiger partial charge in [-0.3, -0.25) is 0 Å². The summed E-state index contributed by atoms with van der Waals surface area (Å²) in [6.45, 7) is 3.86. The Morgan fingerprint density at radius 2 is 1.48 bits per heavy atom. The van der Waals surface area contributed by atoms with Crippen LogP contribution >= 0.6 is 0 Å². The fraction of sp³-hybridized carbons (Fsp3) is 0.619. The molecule has 2 saturated carbocycles. The average Bonchev–Trinajstić information content (AvgIpc) is 2.59. The molecule has 0 N–H and O–H groups in total. The highest BCUT2D eigenvalue weighted by molar-refractivity contribution is 5.22. The molecule has 126 valence electrons. The minimum Gasteiger partial charge on any atom is -0.204 e. The quantitative estimate of drug-likeness (QED) is 0.547. The summed E-state index contributed by atoms with van der Waals surface area (Å²) in [4.78, 5) is 0. The van der Waals surface area contributed by atoms with Crippen molar-refractivity contribution in [2.45, 2.75) is 63.7 Å². The van der Waals surface area contributed by atoms with E-state index in [1.165, 1.54) is 57.1 Å². The normalized spacial score (nSPS) is 31.7. The molecular weight excluding hydrogens is 290 g/mol. The minimum absolute atomic E-state index is 0.415. The summed E-state index contributed by atoms with van der Waals surface area (Å²) in [6.07, 6.45) is 13.5. The molecular formula is C21H28F2. The van der Waals surface area contributed by atoms with E-state index in [9.17, 15) is 8.78 Å². The molecule has 1 aromatic rings. The molecule has 0 spiro atoms. The van der Waals surface area contributed by atoms with Crippen molar-refractivity contribution in [3.63, 3.8) is 0 Å². The Morgan fingerprint density at radius 3 is 2.04 bits per heavy atom. The third-order valence-electron chi connectivity index (χ3n) is 6.24. The first kappa shape index (κ1) is 16.7. The highest BCUT2D eigenvalue weighted by atomic mass is 19.2. The predicted molar refractivity (Wildman–Crippen MR) is 91.3 cm³/mol. The Labute approximate surface area is 139 Å². The molecule has 3 rings (SSSR count). The van der Waals surface area contributed by atoms with E-state index in [2.05, 4.69) is 12.7 Å². The van der Waals surface area contributed by atoms with Gasteiger partial charge in [-0.25, -0.2) is 8.78 Å². The monoisotopic (exact) mass is 318 g/mol. The number of rotatable bonds is 4. The van der Waals surface area contributed by atoms with Gasteiger partial charge in [0.25, 0.3) is 0 Å². The molecule has 0 aliphatic heterocycles.